The van der Waals surface area contributed by atoms with Crippen LogP contribution in [0.15, 0.2) is 28.3 Å². The SMILES string of the molecule is CCSc1cccc(N(CC)C(C)CC)c1/C(N)=N/O. The molecule has 0 heterocycles. The number of oxime groups is 1. The summed E-state index contributed by atoms with van der Waals surface area (Å²) in [5.41, 5.74) is 7.79. The number of rotatable bonds is 7. The van der Waals surface area contributed by atoms with E-state index in [1.165, 1.54) is 0 Å². The molecule has 1 aromatic rings. The fourth-order valence-corrected chi connectivity index (χ4v) is 3.12. The zero-order chi connectivity index (χ0) is 15.1. The number of thioether (sulfide) groups is 1. The van der Waals surface area contributed by atoms with Gasteiger partial charge in [-0.3, -0.25) is 0 Å². The molecule has 0 amide bonds. The van der Waals surface area contributed by atoms with Crippen LogP contribution in [0.2, 0.25) is 0 Å². The average molecular weight is 295 g/mol. The molecule has 0 spiro atoms. The quantitative estimate of drug-likeness (QED) is 0.266. The van der Waals surface area contributed by atoms with Crippen molar-refractivity contribution in [3.05, 3.63) is 23.8 Å². The molecule has 20 heavy (non-hydrogen) atoms. The summed E-state index contributed by atoms with van der Waals surface area (Å²) in [6, 6.07) is 6.51. The number of nitrogens with two attached hydrogens (primary N) is 1. The van der Waals surface area contributed by atoms with Gasteiger partial charge in [0.2, 0.25) is 0 Å². The summed E-state index contributed by atoms with van der Waals surface area (Å²) in [6.45, 7) is 9.48. The number of hydrogen-bond donors (Lipinski definition) is 2. The summed E-state index contributed by atoms with van der Waals surface area (Å²) in [7, 11) is 0. The molecule has 0 aliphatic heterocycles. The molecule has 3 N–H and O–H groups in total. The van der Waals surface area contributed by atoms with Gasteiger partial charge in [0, 0.05) is 23.2 Å². The van der Waals surface area contributed by atoms with E-state index >= 15 is 0 Å². The van der Waals surface area contributed by atoms with E-state index in [4.69, 9.17) is 10.9 Å². The fraction of sp³-hybridized carbons (Fsp3) is 0.533. The number of benzene rings is 1. The van der Waals surface area contributed by atoms with Gasteiger partial charge in [-0.05, 0) is 38.2 Å². The number of nitrogens with zero attached hydrogens (tertiary/aromatic N) is 2. The van der Waals surface area contributed by atoms with Gasteiger partial charge in [-0.1, -0.05) is 25.1 Å². The first-order valence-corrected chi connectivity index (χ1v) is 8.09. The van der Waals surface area contributed by atoms with E-state index in [0.717, 1.165) is 34.9 Å². The van der Waals surface area contributed by atoms with Gasteiger partial charge < -0.3 is 15.8 Å². The smallest absolute Gasteiger partial charge is 0.173 e. The molecule has 0 aromatic heterocycles. The lowest BCUT2D eigenvalue weighted by Crippen LogP contribution is -2.34. The maximum atomic E-state index is 9.09. The number of amidine groups is 1. The third-order valence-electron chi connectivity index (χ3n) is 3.44. The third kappa shape index (κ3) is 3.60. The van der Waals surface area contributed by atoms with Gasteiger partial charge in [0.25, 0.3) is 0 Å². The number of hydrogen-bond acceptors (Lipinski definition) is 4. The van der Waals surface area contributed by atoms with E-state index in [9.17, 15) is 0 Å². The van der Waals surface area contributed by atoms with Crippen LogP contribution < -0.4 is 10.6 Å². The maximum Gasteiger partial charge on any atom is 0.173 e. The van der Waals surface area contributed by atoms with Crippen molar-refractivity contribution in [2.24, 2.45) is 10.9 Å². The highest BCUT2D eigenvalue weighted by Crippen LogP contribution is 2.32. The molecule has 0 radical (unpaired) electrons. The maximum absolute atomic E-state index is 9.09. The van der Waals surface area contributed by atoms with Gasteiger partial charge in [0.1, 0.15) is 0 Å². The molecular formula is C15H25N3OS. The van der Waals surface area contributed by atoms with E-state index in [2.05, 4.69) is 37.8 Å². The van der Waals surface area contributed by atoms with E-state index in [1.54, 1.807) is 11.8 Å². The Balaban J connectivity index is 3.40. The molecular weight excluding hydrogens is 270 g/mol. The first-order chi connectivity index (χ1) is 9.60. The summed E-state index contributed by atoms with van der Waals surface area (Å²) >= 11 is 1.71. The highest BCUT2D eigenvalue weighted by Gasteiger charge is 2.19. The average Bonchev–Trinajstić information content (AvgIpc) is 2.47. The second-order valence-electron chi connectivity index (χ2n) is 4.61. The van der Waals surface area contributed by atoms with Crippen LogP contribution in [0.5, 0.6) is 0 Å². The zero-order valence-electron chi connectivity index (χ0n) is 12.8. The van der Waals surface area contributed by atoms with Crippen LogP contribution in [0.3, 0.4) is 0 Å². The highest BCUT2D eigenvalue weighted by atomic mass is 32.2. The first-order valence-electron chi connectivity index (χ1n) is 7.10. The Labute approximate surface area is 126 Å². The van der Waals surface area contributed by atoms with Crippen LogP contribution in [0.4, 0.5) is 5.69 Å². The highest BCUT2D eigenvalue weighted by molar-refractivity contribution is 7.99. The van der Waals surface area contributed by atoms with Crippen LogP contribution in [-0.4, -0.2) is 29.4 Å². The standard InChI is InChI=1S/C15H25N3OS/c1-5-11(4)18(6-2)12-9-8-10-13(20-7-3)14(12)15(16)17-19/h8-11,19H,5-7H2,1-4H3,(H2,16,17). The Bertz CT molecular complexity index is 462. The molecule has 1 atom stereocenters. The molecule has 0 aliphatic carbocycles. The second-order valence-corrected chi connectivity index (χ2v) is 5.92. The lowest BCUT2D eigenvalue weighted by molar-refractivity contribution is 0.318. The Hall–Kier alpha value is -1.36. The minimum absolute atomic E-state index is 0.179. The van der Waals surface area contributed by atoms with Gasteiger partial charge in [0.05, 0.1) is 5.56 Å². The Morgan fingerprint density at radius 2 is 2.10 bits per heavy atom. The Morgan fingerprint density at radius 1 is 1.40 bits per heavy atom. The largest absolute Gasteiger partial charge is 0.409 e. The van der Waals surface area contributed by atoms with Crippen LogP contribution in [0.25, 0.3) is 0 Å². The number of anilines is 1. The summed E-state index contributed by atoms with van der Waals surface area (Å²) in [6.07, 6.45) is 1.05. The molecule has 0 bridgehead atoms. The minimum atomic E-state index is 0.179. The van der Waals surface area contributed by atoms with Crippen molar-refractivity contribution in [3.8, 4) is 0 Å². The molecule has 4 nitrogen and oxygen atoms in total. The normalized spacial score (nSPS) is 13.3. The summed E-state index contributed by atoms with van der Waals surface area (Å²) in [5, 5.41) is 12.3. The summed E-state index contributed by atoms with van der Waals surface area (Å²) in [5.74, 6) is 1.13. The Morgan fingerprint density at radius 3 is 2.60 bits per heavy atom. The molecule has 1 unspecified atom stereocenters. The van der Waals surface area contributed by atoms with Crippen molar-refractivity contribution in [3.63, 3.8) is 0 Å². The molecule has 112 valence electrons. The molecule has 0 aliphatic rings. The van der Waals surface area contributed by atoms with Crippen molar-refractivity contribution in [2.75, 3.05) is 17.2 Å². The van der Waals surface area contributed by atoms with E-state index in [0.29, 0.717) is 6.04 Å². The lowest BCUT2D eigenvalue weighted by atomic mass is 10.1. The zero-order valence-corrected chi connectivity index (χ0v) is 13.6. The van der Waals surface area contributed by atoms with Crippen molar-refractivity contribution in [1.29, 1.82) is 0 Å². The predicted molar refractivity (Wildman–Crippen MR) is 88.1 cm³/mol. The van der Waals surface area contributed by atoms with Crippen LogP contribution in [-0.2, 0) is 0 Å². The van der Waals surface area contributed by atoms with Crippen molar-refractivity contribution in [2.45, 2.75) is 45.1 Å². The summed E-state index contributed by atoms with van der Waals surface area (Å²) in [4.78, 5) is 3.36. The second kappa shape index (κ2) is 8.04. The van der Waals surface area contributed by atoms with Gasteiger partial charge in [-0.25, -0.2) is 0 Å². The van der Waals surface area contributed by atoms with E-state index in [-0.39, 0.29) is 5.84 Å². The van der Waals surface area contributed by atoms with Crippen LogP contribution in [0, 0.1) is 0 Å². The van der Waals surface area contributed by atoms with Gasteiger partial charge in [0.15, 0.2) is 5.84 Å². The first kappa shape index (κ1) is 16.7. The fourth-order valence-electron chi connectivity index (χ4n) is 2.28. The molecule has 0 fully saturated rings. The molecule has 0 saturated carbocycles. The van der Waals surface area contributed by atoms with Crippen LogP contribution in [0.1, 0.15) is 39.7 Å². The van der Waals surface area contributed by atoms with Crippen molar-refractivity contribution in [1.82, 2.24) is 0 Å². The van der Waals surface area contributed by atoms with Gasteiger partial charge in [-0.2, -0.15) is 0 Å². The van der Waals surface area contributed by atoms with Gasteiger partial charge in [-0.15, -0.1) is 11.8 Å². The van der Waals surface area contributed by atoms with Gasteiger partial charge >= 0.3 is 0 Å². The Kier molecular flexibility index (Phi) is 6.71. The predicted octanol–water partition coefficient (Wildman–Crippen LogP) is 3.52. The van der Waals surface area contributed by atoms with E-state index < -0.39 is 0 Å². The third-order valence-corrected chi connectivity index (χ3v) is 4.38. The molecule has 1 aromatic carbocycles. The molecule has 1 rings (SSSR count). The monoisotopic (exact) mass is 295 g/mol. The molecule has 0 saturated heterocycles. The summed E-state index contributed by atoms with van der Waals surface area (Å²) < 4.78 is 0. The lowest BCUT2D eigenvalue weighted by Gasteiger charge is -2.31. The van der Waals surface area contributed by atoms with Crippen LogP contribution >= 0.6 is 11.8 Å². The molecule has 5 heteroatoms. The van der Waals surface area contributed by atoms with E-state index in [1.807, 2.05) is 18.2 Å². The van der Waals surface area contributed by atoms with Crippen molar-refractivity contribution >= 4 is 23.3 Å². The minimum Gasteiger partial charge on any atom is -0.409 e. The van der Waals surface area contributed by atoms with Crippen molar-refractivity contribution < 1.29 is 5.21 Å². The topological polar surface area (TPSA) is 61.8 Å².